The Morgan fingerprint density at radius 3 is 2.83 bits per heavy atom. The Morgan fingerprint density at radius 2 is 2.20 bits per heavy atom. The standard InChI is InChI=1S/C15H16N8O4S3/c1-6-16-9(30-19-6)3-8(24)17-10-12(25)23-11(14(26)27)7(4-28-13(10)23)5-29-15-18-20-21-22(15)2/h10,13H,3-5H2,1-2H3,(H,17,24)(H,26,27)/t10?,13-/m1/s1. The predicted octanol–water partition coefficient (Wildman–Crippen LogP) is -0.557. The van der Waals surface area contributed by atoms with Gasteiger partial charge >= 0.3 is 5.97 Å². The minimum absolute atomic E-state index is 0.0297. The summed E-state index contributed by atoms with van der Waals surface area (Å²) in [7, 11) is 1.69. The van der Waals surface area contributed by atoms with Crippen molar-refractivity contribution in [2.75, 3.05) is 11.5 Å². The Morgan fingerprint density at radius 1 is 1.40 bits per heavy atom. The van der Waals surface area contributed by atoms with E-state index in [0.29, 0.717) is 33.1 Å². The third-order valence-electron chi connectivity index (χ3n) is 4.40. The summed E-state index contributed by atoms with van der Waals surface area (Å²) >= 11 is 3.86. The van der Waals surface area contributed by atoms with Gasteiger partial charge in [-0.05, 0) is 34.5 Å². The maximum absolute atomic E-state index is 12.7. The Labute approximate surface area is 182 Å². The van der Waals surface area contributed by atoms with E-state index in [1.165, 1.54) is 33.1 Å². The number of thioether (sulfide) groups is 2. The minimum atomic E-state index is -1.17. The first kappa shape index (κ1) is 20.7. The molecular formula is C15H16N8O4S3. The van der Waals surface area contributed by atoms with Gasteiger partial charge in [0, 0.05) is 18.6 Å². The molecule has 0 radical (unpaired) electrons. The summed E-state index contributed by atoms with van der Waals surface area (Å²) in [5.74, 6) is -0.594. The number of carboxylic acid groups (broad SMARTS) is 1. The predicted molar refractivity (Wildman–Crippen MR) is 108 cm³/mol. The molecule has 2 aliphatic rings. The minimum Gasteiger partial charge on any atom is -0.477 e. The van der Waals surface area contributed by atoms with Gasteiger partial charge in [0.05, 0.1) is 6.42 Å². The fraction of sp³-hybridized carbons (Fsp3) is 0.467. The first-order valence-corrected chi connectivity index (χ1v) is 11.5. The smallest absolute Gasteiger partial charge is 0.352 e. The van der Waals surface area contributed by atoms with Crippen molar-refractivity contribution in [2.45, 2.75) is 29.9 Å². The van der Waals surface area contributed by atoms with Crippen LogP contribution in [-0.4, -0.2) is 80.3 Å². The number of amides is 2. The van der Waals surface area contributed by atoms with Crippen molar-refractivity contribution in [3.8, 4) is 0 Å². The molecule has 2 aromatic heterocycles. The van der Waals surface area contributed by atoms with Crippen LogP contribution in [0.25, 0.3) is 0 Å². The maximum atomic E-state index is 12.7. The highest BCUT2D eigenvalue weighted by molar-refractivity contribution is 8.01. The number of hydrogen-bond acceptors (Lipinski definition) is 11. The fourth-order valence-electron chi connectivity index (χ4n) is 3.06. The van der Waals surface area contributed by atoms with Crippen molar-refractivity contribution >= 4 is 52.8 Å². The highest BCUT2D eigenvalue weighted by Crippen LogP contribution is 2.41. The van der Waals surface area contributed by atoms with Crippen molar-refractivity contribution in [3.63, 3.8) is 0 Å². The van der Waals surface area contributed by atoms with E-state index >= 15 is 0 Å². The number of β-lactam (4-membered cyclic amide) rings is 1. The van der Waals surface area contributed by atoms with Gasteiger partial charge in [-0.1, -0.05) is 11.8 Å². The molecule has 0 aliphatic carbocycles. The molecule has 2 amide bonds. The number of rotatable bonds is 7. The second-order valence-corrected chi connectivity index (χ2v) is 9.38. The number of tetrazole rings is 1. The summed E-state index contributed by atoms with van der Waals surface area (Å²) in [5, 5.41) is 24.2. The van der Waals surface area contributed by atoms with E-state index in [4.69, 9.17) is 0 Å². The van der Waals surface area contributed by atoms with Gasteiger partial charge in [-0.2, -0.15) is 4.37 Å². The van der Waals surface area contributed by atoms with Crippen molar-refractivity contribution in [1.82, 2.24) is 39.8 Å². The third kappa shape index (κ3) is 3.91. The van der Waals surface area contributed by atoms with Crippen molar-refractivity contribution in [3.05, 3.63) is 22.1 Å². The first-order chi connectivity index (χ1) is 14.3. The Hall–Kier alpha value is -2.52. The average molecular weight is 469 g/mol. The molecule has 12 nitrogen and oxygen atoms in total. The van der Waals surface area contributed by atoms with Crippen molar-refractivity contribution in [2.24, 2.45) is 7.05 Å². The van der Waals surface area contributed by atoms with Crippen LogP contribution in [0.1, 0.15) is 10.8 Å². The molecule has 1 unspecified atom stereocenters. The fourth-order valence-corrected chi connectivity index (χ4v) is 6.05. The molecule has 2 aliphatic heterocycles. The number of nitrogens with zero attached hydrogens (tertiary/aromatic N) is 7. The lowest BCUT2D eigenvalue weighted by atomic mass is 10.0. The molecule has 1 fully saturated rings. The number of aliphatic carboxylic acids is 1. The molecule has 2 N–H and O–H groups in total. The zero-order valence-electron chi connectivity index (χ0n) is 15.8. The number of carbonyl (C=O) groups is 3. The van der Waals surface area contributed by atoms with E-state index in [9.17, 15) is 19.5 Å². The van der Waals surface area contributed by atoms with E-state index in [-0.39, 0.29) is 18.0 Å². The SMILES string of the molecule is Cc1nsc(CC(=O)NC2C(=O)N3C(C(=O)O)=C(CSc4nnnn4C)CS[C@H]23)n1. The number of hydrogen-bond donors (Lipinski definition) is 2. The van der Waals surface area contributed by atoms with Crippen LogP contribution in [0.5, 0.6) is 0 Å². The number of carbonyl (C=O) groups excluding carboxylic acids is 2. The van der Waals surface area contributed by atoms with Crippen LogP contribution >= 0.6 is 35.1 Å². The third-order valence-corrected chi connectivity index (χ3v) is 7.64. The molecule has 2 aromatic rings. The lowest BCUT2D eigenvalue weighted by Crippen LogP contribution is -2.70. The number of aryl methyl sites for hydroxylation is 2. The van der Waals surface area contributed by atoms with Gasteiger partial charge in [0.1, 0.15) is 27.9 Å². The summed E-state index contributed by atoms with van der Waals surface area (Å²) in [4.78, 5) is 42.2. The Bertz CT molecular complexity index is 1050. The zero-order valence-corrected chi connectivity index (χ0v) is 18.3. The number of aromatic nitrogens is 6. The van der Waals surface area contributed by atoms with Crippen LogP contribution in [0.3, 0.4) is 0 Å². The topological polar surface area (TPSA) is 156 Å². The molecular weight excluding hydrogens is 452 g/mol. The molecule has 2 atom stereocenters. The molecule has 1 saturated heterocycles. The van der Waals surface area contributed by atoms with Gasteiger partial charge in [0.25, 0.3) is 5.91 Å². The second-order valence-electron chi connectivity index (χ2n) is 6.50. The number of carboxylic acids is 1. The second kappa shape index (κ2) is 8.31. The van der Waals surface area contributed by atoms with Gasteiger partial charge in [-0.25, -0.2) is 14.5 Å². The average Bonchev–Trinajstić information content (AvgIpc) is 3.31. The van der Waals surface area contributed by atoms with Crippen LogP contribution in [0, 0.1) is 6.92 Å². The quantitative estimate of drug-likeness (QED) is 0.397. The largest absolute Gasteiger partial charge is 0.477 e. The molecule has 15 heteroatoms. The van der Waals surface area contributed by atoms with Crippen molar-refractivity contribution in [1.29, 1.82) is 0 Å². The first-order valence-electron chi connectivity index (χ1n) is 8.69. The summed E-state index contributed by atoms with van der Waals surface area (Å²) in [5.41, 5.74) is 0.579. The van der Waals surface area contributed by atoms with E-state index < -0.39 is 23.3 Å². The van der Waals surface area contributed by atoms with E-state index in [1.807, 2.05) is 0 Å². The lowest BCUT2D eigenvalue weighted by molar-refractivity contribution is -0.150. The van der Waals surface area contributed by atoms with Crippen LogP contribution in [0.4, 0.5) is 0 Å². The number of fused-ring (bicyclic) bond motifs is 1. The Balaban J connectivity index is 1.44. The van der Waals surface area contributed by atoms with E-state index in [2.05, 4.69) is 30.2 Å². The molecule has 158 valence electrons. The van der Waals surface area contributed by atoms with Gasteiger partial charge in [-0.3, -0.25) is 14.5 Å². The van der Waals surface area contributed by atoms with Gasteiger partial charge in [0.2, 0.25) is 11.1 Å². The molecule has 4 heterocycles. The molecule has 0 aromatic carbocycles. The van der Waals surface area contributed by atoms with Crippen LogP contribution in [-0.2, 0) is 27.9 Å². The van der Waals surface area contributed by atoms with E-state index in [1.54, 1.807) is 14.0 Å². The van der Waals surface area contributed by atoms with Crippen LogP contribution in [0.15, 0.2) is 16.4 Å². The highest BCUT2D eigenvalue weighted by Gasteiger charge is 2.54. The molecule has 0 spiro atoms. The maximum Gasteiger partial charge on any atom is 0.352 e. The lowest BCUT2D eigenvalue weighted by Gasteiger charge is -2.49. The van der Waals surface area contributed by atoms with E-state index in [0.717, 1.165) is 11.5 Å². The monoisotopic (exact) mass is 468 g/mol. The summed E-state index contributed by atoms with van der Waals surface area (Å²) in [6, 6.07) is -0.761. The summed E-state index contributed by atoms with van der Waals surface area (Å²) in [6.45, 7) is 1.74. The molecule has 0 bridgehead atoms. The summed E-state index contributed by atoms with van der Waals surface area (Å²) < 4.78 is 5.52. The van der Waals surface area contributed by atoms with Gasteiger partial charge in [-0.15, -0.1) is 16.9 Å². The van der Waals surface area contributed by atoms with Crippen molar-refractivity contribution < 1.29 is 19.5 Å². The Kier molecular flexibility index (Phi) is 5.75. The normalized spacial score (nSPS) is 20.7. The van der Waals surface area contributed by atoms with Gasteiger partial charge in [0.15, 0.2) is 0 Å². The highest BCUT2D eigenvalue weighted by atomic mass is 32.2. The van der Waals surface area contributed by atoms with Gasteiger partial charge < -0.3 is 10.4 Å². The number of nitrogens with one attached hydrogen (secondary N) is 1. The van der Waals surface area contributed by atoms with Crippen LogP contribution in [0.2, 0.25) is 0 Å². The van der Waals surface area contributed by atoms with Crippen LogP contribution < -0.4 is 5.32 Å². The zero-order chi connectivity index (χ0) is 21.4. The molecule has 30 heavy (non-hydrogen) atoms. The molecule has 4 rings (SSSR count). The summed E-state index contributed by atoms with van der Waals surface area (Å²) in [6.07, 6.45) is 0.0297. The molecule has 0 saturated carbocycles.